The lowest BCUT2D eigenvalue weighted by atomic mass is 10.2. The van der Waals surface area contributed by atoms with Crippen LogP contribution in [0.2, 0.25) is 0 Å². The first-order valence-electron chi connectivity index (χ1n) is 5.50. The van der Waals surface area contributed by atoms with E-state index in [4.69, 9.17) is 0 Å². The van der Waals surface area contributed by atoms with E-state index in [0.717, 1.165) is 18.1 Å². The molecule has 0 aliphatic carbocycles. The van der Waals surface area contributed by atoms with E-state index in [1.54, 1.807) is 0 Å². The van der Waals surface area contributed by atoms with Crippen LogP contribution in [-0.4, -0.2) is 49.0 Å². The Balaban J connectivity index is 0.00000256. The molecule has 7 heteroatoms. The fraction of sp³-hybridized carbons (Fsp3) is 0.800. The Morgan fingerprint density at radius 2 is 2.06 bits per heavy atom. The van der Waals surface area contributed by atoms with Crippen LogP contribution in [0, 0.1) is 0 Å². The first-order chi connectivity index (χ1) is 7.68. The van der Waals surface area contributed by atoms with Crippen molar-refractivity contribution in [2.75, 3.05) is 31.1 Å². The number of amides is 2. The molecule has 0 aromatic heterocycles. The summed E-state index contributed by atoms with van der Waals surface area (Å²) in [6.07, 6.45) is 0.521. The molecule has 0 spiro atoms. The molecule has 100 valence electrons. The topological polar surface area (TPSA) is 70.2 Å². The molecule has 5 nitrogen and oxygen atoms in total. The molecule has 1 fully saturated rings. The molecule has 1 aliphatic rings. The highest BCUT2D eigenvalue weighted by atomic mass is 35.5. The smallest absolute Gasteiger partial charge is 0.221 e. The van der Waals surface area contributed by atoms with Gasteiger partial charge in [-0.3, -0.25) is 9.59 Å². The third kappa shape index (κ3) is 8.29. The molecule has 1 aliphatic heterocycles. The van der Waals surface area contributed by atoms with E-state index >= 15 is 0 Å². The lowest BCUT2D eigenvalue weighted by Gasteiger charge is -2.22. The number of hydrogen-bond acceptors (Lipinski definition) is 4. The summed E-state index contributed by atoms with van der Waals surface area (Å²) in [5, 5.41) is 8.72. The van der Waals surface area contributed by atoms with E-state index in [1.807, 2.05) is 11.8 Å². The highest BCUT2D eigenvalue weighted by molar-refractivity contribution is 7.99. The summed E-state index contributed by atoms with van der Waals surface area (Å²) in [6.45, 7) is 3.44. The third-order valence-corrected chi connectivity index (χ3v) is 3.38. The summed E-state index contributed by atoms with van der Waals surface area (Å²) in [4.78, 5) is 22.1. The summed E-state index contributed by atoms with van der Waals surface area (Å²) in [5.74, 6) is 2.10. The Labute approximate surface area is 112 Å². The maximum Gasteiger partial charge on any atom is 0.221 e. The number of carbonyl (C=O) groups is 2. The van der Waals surface area contributed by atoms with Crippen LogP contribution >= 0.6 is 24.2 Å². The van der Waals surface area contributed by atoms with Gasteiger partial charge in [-0.15, -0.1) is 12.4 Å². The quantitative estimate of drug-likeness (QED) is 0.608. The van der Waals surface area contributed by atoms with E-state index in [9.17, 15) is 9.59 Å². The van der Waals surface area contributed by atoms with Gasteiger partial charge in [-0.05, 0) is 0 Å². The Hall–Kier alpha value is -0.460. The molecule has 0 bridgehead atoms. The zero-order valence-corrected chi connectivity index (χ0v) is 11.6. The number of hydrogen-bond donors (Lipinski definition) is 3. The number of halogens is 1. The maximum atomic E-state index is 11.5. The minimum Gasteiger partial charge on any atom is -0.355 e. The van der Waals surface area contributed by atoms with Gasteiger partial charge in [-0.25, -0.2) is 0 Å². The van der Waals surface area contributed by atoms with E-state index in [1.165, 1.54) is 6.92 Å². The molecule has 0 aromatic carbocycles. The van der Waals surface area contributed by atoms with Crippen molar-refractivity contribution in [2.45, 2.75) is 19.4 Å². The Morgan fingerprint density at radius 1 is 1.35 bits per heavy atom. The van der Waals surface area contributed by atoms with Gasteiger partial charge >= 0.3 is 0 Å². The van der Waals surface area contributed by atoms with Crippen LogP contribution in [0.15, 0.2) is 0 Å². The van der Waals surface area contributed by atoms with Crippen LogP contribution < -0.4 is 16.0 Å². The summed E-state index contributed by atoms with van der Waals surface area (Å²) >= 11 is 1.88. The SMILES string of the molecule is CC(=O)NCCNC(=O)CC1CSCCN1.Cl. The standard InChI is InChI=1S/C10H19N3O2S.ClH/c1-8(14)11-2-3-13-10(15)6-9-7-16-5-4-12-9;/h9,12H,2-7H2,1H3,(H,11,14)(H,13,15);1H. The van der Waals surface area contributed by atoms with Gasteiger partial charge in [0, 0.05) is 50.5 Å². The van der Waals surface area contributed by atoms with Crippen molar-refractivity contribution in [3.63, 3.8) is 0 Å². The minimum absolute atomic E-state index is 0. The van der Waals surface area contributed by atoms with E-state index < -0.39 is 0 Å². The molecule has 0 aromatic rings. The summed E-state index contributed by atoms with van der Waals surface area (Å²) in [7, 11) is 0. The predicted molar refractivity (Wildman–Crippen MR) is 72.7 cm³/mol. The predicted octanol–water partition coefficient (Wildman–Crippen LogP) is -0.244. The number of rotatable bonds is 5. The molecule has 1 saturated heterocycles. The van der Waals surface area contributed by atoms with Gasteiger partial charge < -0.3 is 16.0 Å². The van der Waals surface area contributed by atoms with Gasteiger partial charge in [0.05, 0.1) is 0 Å². The molecule has 17 heavy (non-hydrogen) atoms. The monoisotopic (exact) mass is 281 g/mol. The number of thioether (sulfide) groups is 1. The summed E-state index contributed by atoms with van der Waals surface area (Å²) in [5.41, 5.74) is 0. The average Bonchev–Trinajstić information content (AvgIpc) is 2.25. The van der Waals surface area contributed by atoms with Gasteiger partial charge in [-0.2, -0.15) is 11.8 Å². The van der Waals surface area contributed by atoms with Gasteiger partial charge in [-0.1, -0.05) is 0 Å². The molecular formula is C10H20ClN3O2S. The molecule has 3 N–H and O–H groups in total. The van der Waals surface area contributed by atoms with E-state index in [0.29, 0.717) is 25.6 Å². The van der Waals surface area contributed by atoms with Crippen LogP contribution in [0.5, 0.6) is 0 Å². The normalized spacial score (nSPS) is 19.0. The minimum atomic E-state index is -0.0698. The second kappa shape index (κ2) is 9.56. The van der Waals surface area contributed by atoms with E-state index in [2.05, 4.69) is 16.0 Å². The second-order valence-electron chi connectivity index (χ2n) is 3.76. The van der Waals surface area contributed by atoms with Crippen molar-refractivity contribution < 1.29 is 9.59 Å². The highest BCUT2D eigenvalue weighted by Gasteiger charge is 2.15. The van der Waals surface area contributed by atoms with Gasteiger partial charge in [0.25, 0.3) is 0 Å². The van der Waals surface area contributed by atoms with E-state index in [-0.39, 0.29) is 24.2 Å². The van der Waals surface area contributed by atoms with Gasteiger partial charge in [0.2, 0.25) is 11.8 Å². The fourth-order valence-corrected chi connectivity index (χ4v) is 2.44. The van der Waals surface area contributed by atoms with Crippen molar-refractivity contribution in [3.05, 3.63) is 0 Å². The molecule has 0 saturated carbocycles. The second-order valence-corrected chi connectivity index (χ2v) is 4.91. The van der Waals surface area contributed by atoms with Crippen LogP contribution in [0.25, 0.3) is 0 Å². The van der Waals surface area contributed by atoms with Crippen LogP contribution in [0.3, 0.4) is 0 Å². The Bertz CT molecular complexity index is 248. The fourth-order valence-electron chi connectivity index (χ4n) is 1.49. The first kappa shape index (κ1) is 16.5. The number of nitrogens with one attached hydrogen (secondary N) is 3. The summed E-state index contributed by atoms with van der Waals surface area (Å²) < 4.78 is 0. The lowest BCUT2D eigenvalue weighted by molar-refractivity contribution is -0.122. The van der Waals surface area contributed by atoms with Crippen molar-refractivity contribution in [1.29, 1.82) is 0 Å². The van der Waals surface area contributed by atoms with Gasteiger partial charge in [0.15, 0.2) is 0 Å². The van der Waals surface area contributed by atoms with Crippen molar-refractivity contribution in [2.24, 2.45) is 0 Å². The van der Waals surface area contributed by atoms with Crippen LogP contribution in [0.4, 0.5) is 0 Å². The van der Waals surface area contributed by atoms with Crippen molar-refractivity contribution in [1.82, 2.24) is 16.0 Å². The Kier molecular flexibility index (Phi) is 9.30. The molecule has 1 atom stereocenters. The Morgan fingerprint density at radius 3 is 2.65 bits per heavy atom. The molecule has 2 amide bonds. The highest BCUT2D eigenvalue weighted by Crippen LogP contribution is 2.09. The lowest BCUT2D eigenvalue weighted by Crippen LogP contribution is -2.42. The average molecular weight is 282 g/mol. The molecule has 1 rings (SSSR count). The van der Waals surface area contributed by atoms with Gasteiger partial charge in [0.1, 0.15) is 0 Å². The maximum absolute atomic E-state index is 11.5. The van der Waals surface area contributed by atoms with Crippen LogP contribution in [0.1, 0.15) is 13.3 Å². The molecule has 1 unspecified atom stereocenters. The first-order valence-corrected chi connectivity index (χ1v) is 6.66. The van der Waals surface area contributed by atoms with Crippen molar-refractivity contribution >= 4 is 36.0 Å². The van der Waals surface area contributed by atoms with Crippen molar-refractivity contribution in [3.8, 4) is 0 Å². The van der Waals surface area contributed by atoms with Crippen LogP contribution in [-0.2, 0) is 9.59 Å². The third-order valence-electron chi connectivity index (χ3n) is 2.25. The summed E-state index contributed by atoms with van der Waals surface area (Å²) in [6, 6.07) is 0.291. The zero-order valence-electron chi connectivity index (χ0n) is 9.95. The zero-order chi connectivity index (χ0) is 11.8. The largest absolute Gasteiger partial charge is 0.355 e. The molecular weight excluding hydrogens is 262 g/mol. The molecule has 0 radical (unpaired) electrons. The number of carbonyl (C=O) groups excluding carboxylic acids is 2. The molecule has 1 heterocycles.